The lowest BCUT2D eigenvalue weighted by Crippen LogP contribution is -2.47. The van der Waals surface area contributed by atoms with Gasteiger partial charge < -0.3 is 10.6 Å². The molecule has 1 aliphatic rings. The highest BCUT2D eigenvalue weighted by Crippen LogP contribution is 2.32. The van der Waals surface area contributed by atoms with E-state index in [0.29, 0.717) is 12.5 Å². The average Bonchev–Trinajstić information content (AvgIpc) is 2.29. The molecule has 0 amide bonds. The molecule has 0 spiro atoms. The maximum absolute atomic E-state index is 13.4. The van der Waals surface area contributed by atoms with Gasteiger partial charge in [-0.3, -0.25) is 0 Å². The van der Waals surface area contributed by atoms with E-state index in [9.17, 15) is 8.78 Å². The van der Waals surface area contributed by atoms with E-state index in [0.717, 1.165) is 25.1 Å². The summed E-state index contributed by atoms with van der Waals surface area (Å²) in [4.78, 5) is 2.08. The molecular formula is C16H24F2N2. The van der Waals surface area contributed by atoms with Crippen molar-refractivity contribution in [2.24, 2.45) is 17.1 Å². The van der Waals surface area contributed by atoms with Gasteiger partial charge in [-0.1, -0.05) is 20.8 Å². The summed E-state index contributed by atoms with van der Waals surface area (Å²) in [7, 11) is 0. The van der Waals surface area contributed by atoms with Gasteiger partial charge in [0.05, 0.1) is 0 Å². The Kier molecular flexibility index (Phi) is 4.33. The Hall–Kier alpha value is -1.16. The number of benzene rings is 1. The van der Waals surface area contributed by atoms with Crippen LogP contribution in [0.15, 0.2) is 18.2 Å². The van der Waals surface area contributed by atoms with Gasteiger partial charge in [-0.25, -0.2) is 8.78 Å². The second kappa shape index (κ2) is 5.68. The molecule has 2 atom stereocenters. The predicted octanol–water partition coefficient (Wildman–Crippen LogP) is 3.55. The lowest BCUT2D eigenvalue weighted by Gasteiger charge is -2.40. The smallest absolute Gasteiger partial charge is 0.160 e. The second-order valence-electron chi connectivity index (χ2n) is 7.13. The van der Waals surface area contributed by atoms with Crippen molar-refractivity contribution in [3.63, 3.8) is 0 Å². The number of anilines is 1. The molecule has 2 nitrogen and oxygen atoms in total. The van der Waals surface area contributed by atoms with Crippen LogP contribution < -0.4 is 10.6 Å². The first-order valence-corrected chi connectivity index (χ1v) is 7.20. The Labute approximate surface area is 120 Å². The summed E-state index contributed by atoms with van der Waals surface area (Å²) in [5.74, 6) is -1.11. The van der Waals surface area contributed by atoms with E-state index in [2.05, 4.69) is 25.7 Å². The van der Waals surface area contributed by atoms with Gasteiger partial charge in [-0.15, -0.1) is 0 Å². The molecule has 1 aliphatic heterocycles. The van der Waals surface area contributed by atoms with Crippen molar-refractivity contribution in [2.75, 3.05) is 18.0 Å². The van der Waals surface area contributed by atoms with Crippen LogP contribution in [0.4, 0.5) is 14.5 Å². The Morgan fingerprint density at radius 3 is 2.50 bits per heavy atom. The Balaban J connectivity index is 2.13. The number of hydrogen-bond donors (Lipinski definition) is 1. The molecule has 0 aromatic heterocycles. The van der Waals surface area contributed by atoms with Crippen LogP contribution in [0.3, 0.4) is 0 Å². The molecule has 2 unspecified atom stereocenters. The number of hydrogen-bond acceptors (Lipinski definition) is 2. The fourth-order valence-electron chi connectivity index (χ4n) is 3.15. The third kappa shape index (κ3) is 3.92. The van der Waals surface area contributed by atoms with E-state index in [4.69, 9.17) is 5.73 Å². The molecule has 112 valence electrons. The van der Waals surface area contributed by atoms with Crippen LogP contribution in [-0.2, 0) is 0 Å². The summed E-state index contributed by atoms with van der Waals surface area (Å²) in [6.45, 7) is 8.21. The first-order chi connectivity index (χ1) is 9.24. The minimum Gasteiger partial charge on any atom is -0.370 e. The van der Waals surface area contributed by atoms with Crippen molar-refractivity contribution in [3.8, 4) is 0 Å². The molecule has 0 radical (unpaired) electrons. The van der Waals surface area contributed by atoms with E-state index >= 15 is 0 Å². The van der Waals surface area contributed by atoms with Crippen LogP contribution in [0, 0.1) is 23.0 Å². The lowest BCUT2D eigenvalue weighted by molar-refractivity contribution is 0.253. The Morgan fingerprint density at radius 2 is 1.90 bits per heavy atom. The summed E-state index contributed by atoms with van der Waals surface area (Å²) in [6.07, 6.45) is 2.08. The van der Waals surface area contributed by atoms with E-state index in [1.54, 1.807) is 6.07 Å². The van der Waals surface area contributed by atoms with E-state index in [-0.39, 0.29) is 11.5 Å². The minimum absolute atomic E-state index is 0.0872. The van der Waals surface area contributed by atoms with Gasteiger partial charge in [0.1, 0.15) is 0 Å². The maximum Gasteiger partial charge on any atom is 0.160 e. The number of nitrogens with two attached hydrogens (primary N) is 1. The first-order valence-electron chi connectivity index (χ1n) is 7.20. The first kappa shape index (κ1) is 15.2. The van der Waals surface area contributed by atoms with Gasteiger partial charge >= 0.3 is 0 Å². The van der Waals surface area contributed by atoms with Gasteiger partial charge in [-0.2, -0.15) is 0 Å². The molecular weight excluding hydrogens is 258 g/mol. The largest absolute Gasteiger partial charge is 0.370 e. The third-order valence-electron chi connectivity index (χ3n) is 3.74. The number of nitrogens with zero attached hydrogens (tertiary/aromatic N) is 1. The highest BCUT2D eigenvalue weighted by atomic mass is 19.2. The molecule has 2 rings (SSSR count). The van der Waals surface area contributed by atoms with Crippen LogP contribution >= 0.6 is 0 Å². The van der Waals surface area contributed by atoms with Crippen LogP contribution in [0.25, 0.3) is 0 Å². The van der Waals surface area contributed by atoms with Crippen molar-refractivity contribution >= 4 is 5.69 Å². The van der Waals surface area contributed by atoms with Crippen molar-refractivity contribution < 1.29 is 8.78 Å². The van der Waals surface area contributed by atoms with Gasteiger partial charge in [0.15, 0.2) is 11.6 Å². The zero-order chi connectivity index (χ0) is 14.9. The summed E-state index contributed by atoms with van der Waals surface area (Å²) in [6, 6.07) is 4.17. The topological polar surface area (TPSA) is 29.3 Å². The van der Waals surface area contributed by atoms with Crippen LogP contribution in [0.1, 0.15) is 33.6 Å². The standard InChI is InChI=1S/C16H24F2N2/c1-16(2,3)8-11-6-12(19)10-20(9-11)13-4-5-14(17)15(18)7-13/h4-5,7,11-12H,6,8-10,19H2,1-3H3. The van der Waals surface area contributed by atoms with Crippen LogP contribution in [-0.4, -0.2) is 19.1 Å². The minimum atomic E-state index is -0.804. The molecule has 2 N–H and O–H groups in total. The van der Waals surface area contributed by atoms with Gasteiger partial charge in [0, 0.05) is 30.9 Å². The molecule has 1 aromatic carbocycles. The summed E-state index contributed by atoms with van der Waals surface area (Å²) in [5.41, 5.74) is 7.10. The molecule has 0 bridgehead atoms. The highest BCUT2D eigenvalue weighted by molar-refractivity contribution is 5.47. The molecule has 20 heavy (non-hydrogen) atoms. The molecule has 1 saturated heterocycles. The number of halogens is 2. The molecule has 0 aliphatic carbocycles. The lowest BCUT2D eigenvalue weighted by atomic mass is 9.80. The maximum atomic E-state index is 13.4. The van der Waals surface area contributed by atoms with Gasteiger partial charge in [-0.05, 0) is 36.3 Å². The highest BCUT2D eigenvalue weighted by Gasteiger charge is 2.28. The van der Waals surface area contributed by atoms with E-state index in [1.807, 2.05) is 0 Å². The summed E-state index contributed by atoms with van der Waals surface area (Å²) in [5, 5.41) is 0. The SMILES string of the molecule is CC(C)(C)CC1CC(N)CN(c2ccc(F)c(F)c2)C1. The fraction of sp³-hybridized carbons (Fsp3) is 0.625. The normalized spacial score (nSPS) is 24.0. The van der Waals surface area contributed by atoms with Crippen LogP contribution in [0.2, 0.25) is 0 Å². The molecule has 1 heterocycles. The zero-order valence-corrected chi connectivity index (χ0v) is 12.5. The van der Waals surface area contributed by atoms with Crippen molar-refractivity contribution in [3.05, 3.63) is 29.8 Å². The van der Waals surface area contributed by atoms with Gasteiger partial charge in [0.2, 0.25) is 0 Å². The third-order valence-corrected chi connectivity index (χ3v) is 3.74. The van der Waals surface area contributed by atoms with Crippen molar-refractivity contribution in [1.82, 2.24) is 0 Å². The zero-order valence-electron chi connectivity index (χ0n) is 12.5. The molecule has 1 fully saturated rings. The van der Waals surface area contributed by atoms with Gasteiger partial charge in [0.25, 0.3) is 0 Å². The second-order valence-corrected chi connectivity index (χ2v) is 7.13. The molecule has 1 aromatic rings. The van der Waals surface area contributed by atoms with Crippen LogP contribution in [0.5, 0.6) is 0 Å². The monoisotopic (exact) mass is 282 g/mol. The predicted molar refractivity (Wildman–Crippen MR) is 78.7 cm³/mol. The van der Waals surface area contributed by atoms with Crippen molar-refractivity contribution in [1.29, 1.82) is 0 Å². The fourth-order valence-corrected chi connectivity index (χ4v) is 3.15. The van der Waals surface area contributed by atoms with E-state index in [1.165, 1.54) is 12.1 Å². The van der Waals surface area contributed by atoms with Crippen molar-refractivity contribution in [2.45, 2.75) is 39.7 Å². The molecule has 4 heteroatoms. The summed E-state index contributed by atoms with van der Waals surface area (Å²) < 4.78 is 26.4. The average molecular weight is 282 g/mol. The number of rotatable bonds is 2. The number of piperidine rings is 1. The quantitative estimate of drug-likeness (QED) is 0.898. The molecule has 0 saturated carbocycles. The Morgan fingerprint density at radius 1 is 1.20 bits per heavy atom. The van der Waals surface area contributed by atoms with E-state index < -0.39 is 11.6 Å². The Bertz CT molecular complexity index is 468. The summed E-state index contributed by atoms with van der Waals surface area (Å²) >= 11 is 0.